The van der Waals surface area contributed by atoms with E-state index in [9.17, 15) is 10.2 Å². The van der Waals surface area contributed by atoms with Gasteiger partial charge in [0.05, 0.1) is 7.11 Å². The zero-order chi connectivity index (χ0) is 10.0. The van der Waals surface area contributed by atoms with Crippen molar-refractivity contribution < 1.29 is 24.9 Å². The predicted octanol–water partition coefficient (Wildman–Crippen LogP) is -1.04. The molecule has 0 aliphatic carbocycles. The molecule has 0 aromatic heterocycles. The van der Waals surface area contributed by atoms with Crippen LogP contribution in [0, 0.1) is 0 Å². The number of hydrogen-bond acceptors (Lipinski definition) is 6. The van der Waals surface area contributed by atoms with Crippen molar-refractivity contribution in [1.82, 2.24) is 5.06 Å². The highest BCUT2D eigenvalue weighted by atomic mass is 16.7. The first-order valence-corrected chi connectivity index (χ1v) is 3.75. The van der Waals surface area contributed by atoms with Gasteiger partial charge >= 0.3 is 0 Å². The molecule has 1 aliphatic heterocycles. The minimum absolute atomic E-state index is 0.395. The maximum atomic E-state index is 9.41. The highest BCUT2D eigenvalue weighted by Gasteiger charge is 2.36. The van der Waals surface area contributed by atoms with E-state index in [1.54, 1.807) is 0 Å². The largest absolute Gasteiger partial charge is 0.506 e. The van der Waals surface area contributed by atoms with Gasteiger partial charge in [-0.2, -0.15) is 5.06 Å². The molecule has 0 saturated carbocycles. The van der Waals surface area contributed by atoms with E-state index in [-0.39, 0.29) is 0 Å². The van der Waals surface area contributed by atoms with Gasteiger partial charge in [0.25, 0.3) is 0 Å². The molecule has 0 aromatic carbocycles. The van der Waals surface area contributed by atoms with E-state index in [2.05, 4.69) is 0 Å². The van der Waals surface area contributed by atoms with Gasteiger partial charge in [0, 0.05) is 7.05 Å². The molecule has 1 rings (SSSR count). The lowest BCUT2D eigenvalue weighted by Crippen LogP contribution is -2.50. The van der Waals surface area contributed by atoms with Crippen LogP contribution in [-0.4, -0.2) is 53.0 Å². The number of ether oxygens (including phenoxy) is 1. The quantitative estimate of drug-likeness (QED) is 0.483. The standard InChI is InChI=1S/C7H13NO5/c1-8(12-2)7-6(11)5(10)4(9)3-13-7/h3,5-7,9-11H,1-2H3/t5?,6?,7-/m1/s1. The van der Waals surface area contributed by atoms with Crippen molar-refractivity contribution in [3.63, 3.8) is 0 Å². The molecule has 0 radical (unpaired) electrons. The number of rotatable bonds is 2. The van der Waals surface area contributed by atoms with E-state index in [0.717, 1.165) is 6.26 Å². The molecule has 0 spiro atoms. The zero-order valence-corrected chi connectivity index (χ0v) is 7.41. The third kappa shape index (κ3) is 1.92. The second-order valence-corrected chi connectivity index (χ2v) is 2.73. The Bertz CT molecular complexity index is 207. The lowest BCUT2D eigenvalue weighted by Gasteiger charge is -2.34. The number of likely N-dealkylation sites (N-methyl/N-ethyl adjacent to an activating group) is 1. The fourth-order valence-electron chi connectivity index (χ4n) is 1.03. The van der Waals surface area contributed by atoms with Crippen LogP contribution in [0.25, 0.3) is 0 Å². The molecule has 0 aromatic rings. The summed E-state index contributed by atoms with van der Waals surface area (Å²) >= 11 is 0. The maximum Gasteiger partial charge on any atom is 0.201 e. The number of nitrogens with zero attached hydrogens (tertiary/aromatic N) is 1. The normalized spacial score (nSPS) is 34.2. The van der Waals surface area contributed by atoms with Gasteiger partial charge in [-0.3, -0.25) is 4.84 Å². The fourth-order valence-corrected chi connectivity index (χ4v) is 1.03. The lowest BCUT2D eigenvalue weighted by atomic mass is 10.1. The molecule has 1 heterocycles. The summed E-state index contributed by atoms with van der Waals surface area (Å²) in [5.41, 5.74) is 0. The molecule has 3 atom stereocenters. The van der Waals surface area contributed by atoms with Crippen LogP contribution in [0.1, 0.15) is 0 Å². The van der Waals surface area contributed by atoms with Crippen molar-refractivity contribution in [2.45, 2.75) is 18.4 Å². The molecular formula is C7H13NO5. The van der Waals surface area contributed by atoms with Gasteiger partial charge in [0.1, 0.15) is 18.5 Å². The van der Waals surface area contributed by atoms with Gasteiger partial charge < -0.3 is 20.1 Å². The Hall–Kier alpha value is -0.820. The Balaban J connectivity index is 2.70. The number of aliphatic hydroxyl groups excluding tert-OH is 3. The van der Waals surface area contributed by atoms with Gasteiger partial charge in [0.2, 0.25) is 6.23 Å². The molecule has 1 aliphatic rings. The smallest absolute Gasteiger partial charge is 0.201 e. The molecule has 0 amide bonds. The van der Waals surface area contributed by atoms with Crippen molar-refractivity contribution in [3.05, 3.63) is 12.0 Å². The molecule has 0 bridgehead atoms. The van der Waals surface area contributed by atoms with E-state index in [0.29, 0.717) is 0 Å². The Morgan fingerprint density at radius 1 is 1.54 bits per heavy atom. The summed E-state index contributed by atoms with van der Waals surface area (Å²) in [5, 5.41) is 28.9. The molecule has 76 valence electrons. The van der Waals surface area contributed by atoms with Crippen LogP contribution in [0.5, 0.6) is 0 Å². The van der Waals surface area contributed by atoms with Gasteiger partial charge in [0.15, 0.2) is 5.76 Å². The minimum Gasteiger partial charge on any atom is -0.506 e. The summed E-state index contributed by atoms with van der Waals surface area (Å²) in [6.07, 6.45) is -2.42. The predicted molar refractivity (Wildman–Crippen MR) is 42.4 cm³/mol. The Morgan fingerprint density at radius 2 is 2.15 bits per heavy atom. The first kappa shape index (κ1) is 10.3. The van der Waals surface area contributed by atoms with E-state index >= 15 is 0 Å². The monoisotopic (exact) mass is 191 g/mol. The second-order valence-electron chi connectivity index (χ2n) is 2.73. The maximum absolute atomic E-state index is 9.41. The van der Waals surface area contributed by atoms with Crippen LogP contribution in [0.2, 0.25) is 0 Å². The minimum atomic E-state index is -1.34. The molecule has 3 N–H and O–H groups in total. The second kappa shape index (κ2) is 3.93. The Labute approximate surface area is 75.6 Å². The topological polar surface area (TPSA) is 82.4 Å². The van der Waals surface area contributed by atoms with Gasteiger partial charge in [-0.15, -0.1) is 0 Å². The van der Waals surface area contributed by atoms with E-state index in [1.807, 2.05) is 0 Å². The van der Waals surface area contributed by atoms with Crippen molar-refractivity contribution >= 4 is 0 Å². The SMILES string of the molecule is CON(C)[C@@H]1OC=C(O)C(O)C1O. The summed E-state index contributed by atoms with van der Waals surface area (Å²) < 4.78 is 4.90. The molecule has 0 saturated heterocycles. The third-order valence-corrected chi connectivity index (χ3v) is 1.89. The molecular weight excluding hydrogens is 178 g/mol. The number of hydroxylamine groups is 2. The van der Waals surface area contributed by atoms with Crippen LogP contribution in [0.4, 0.5) is 0 Å². The first-order valence-electron chi connectivity index (χ1n) is 3.75. The lowest BCUT2D eigenvalue weighted by molar-refractivity contribution is -0.253. The van der Waals surface area contributed by atoms with Crippen molar-refractivity contribution in [2.75, 3.05) is 14.2 Å². The molecule has 13 heavy (non-hydrogen) atoms. The van der Waals surface area contributed by atoms with E-state index < -0.39 is 24.2 Å². The van der Waals surface area contributed by atoms with Crippen LogP contribution >= 0.6 is 0 Å². The average Bonchev–Trinajstić information content (AvgIpc) is 2.13. The molecule has 0 fully saturated rings. The van der Waals surface area contributed by atoms with Crippen molar-refractivity contribution in [1.29, 1.82) is 0 Å². The highest BCUT2D eigenvalue weighted by Crippen LogP contribution is 2.18. The van der Waals surface area contributed by atoms with Crippen LogP contribution in [0.15, 0.2) is 12.0 Å². The van der Waals surface area contributed by atoms with Crippen LogP contribution < -0.4 is 0 Å². The van der Waals surface area contributed by atoms with Crippen molar-refractivity contribution in [3.8, 4) is 0 Å². The first-order chi connectivity index (χ1) is 6.07. The highest BCUT2D eigenvalue weighted by molar-refractivity contribution is 5.02. The Morgan fingerprint density at radius 3 is 2.69 bits per heavy atom. The summed E-state index contributed by atoms with van der Waals surface area (Å²) in [4.78, 5) is 4.77. The van der Waals surface area contributed by atoms with Crippen LogP contribution in [-0.2, 0) is 9.57 Å². The zero-order valence-electron chi connectivity index (χ0n) is 7.41. The average molecular weight is 191 g/mol. The summed E-state index contributed by atoms with van der Waals surface area (Å²) in [6, 6.07) is 0. The van der Waals surface area contributed by atoms with Crippen molar-refractivity contribution in [2.24, 2.45) is 0 Å². The summed E-state index contributed by atoms with van der Waals surface area (Å²) in [6.45, 7) is 0. The fraction of sp³-hybridized carbons (Fsp3) is 0.714. The van der Waals surface area contributed by atoms with E-state index in [1.165, 1.54) is 19.2 Å². The van der Waals surface area contributed by atoms with Crippen LogP contribution in [0.3, 0.4) is 0 Å². The number of hydrogen-bond donors (Lipinski definition) is 3. The summed E-state index contributed by atoms with van der Waals surface area (Å²) in [5.74, 6) is -0.395. The number of aliphatic hydroxyl groups is 3. The van der Waals surface area contributed by atoms with Gasteiger partial charge in [-0.1, -0.05) is 0 Å². The summed E-state index contributed by atoms with van der Waals surface area (Å²) in [7, 11) is 2.94. The van der Waals surface area contributed by atoms with E-state index in [4.69, 9.17) is 14.7 Å². The molecule has 6 nitrogen and oxygen atoms in total. The van der Waals surface area contributed by atoms with Gasteiger partial charge in [-0.05, 0) is 0 Å². The van der Waals surface area contributed by atoms with Gasteiger partial charge in [-0.25, -0.2) is 0 Å². The third-order valence-electron chi connectivity index (χ3n) is 1.89. The molecule has 6 heteroatoms. The Kier molecular flexibility index (Phi) is 3.10. The molecule has 2 unspecified atom stereocenters.